The Morgan fingerprint density at radius 3 is 2.57 bits per heavy atom. The van der Waals surface area contributed by atoms with Crippen LogP contribution in [0.25, 0.3) is 0 Å². The SMILES string of the molecule is CCCCOCCNC(=O)N[C@H](C(=O)O)c1ccccc1. The summed E-state index contributed by atoms with van der Waals surface area (Å²) in [7, 11) is 0. The van der Waals surface area contributed by atoms with Crippen molar-refractivity contribution in [2.45, 2.75) is 25.8 Å². The average molecular weight is 294 g/mol. The molecule has 1 atom stereocenters. The molecule has 0 fully saturated rings. The third-order valence-electron chi connectivity index (χ3n) is 2.83. The van der Waals surface area contributed by atoms with Gasteiger partial charge in [0.05, 0.1) is 6.61 Å². The van der Waals surface area contributed by atoms with Gasteiger partial charge in [-0.3, -0.25) is 0 Å². The second-order valence-electron chi connectivity index (χ2n) is 4.55. The van der Waals surface area contributed by atoms with E-state index in [2.05, 4.69) is 17.6 Å². The molecule has 3 N–H and O–H groups in total. The number of carbonyl (C=O) groups is 2. The summed E-state index contributed by atoms with van der Waals surface area (Å²) in [4.78, 5) is 22.9. The van der Waals surface area contributed by atoms with E-state index in [-0.39, 0.29) is 0 Å². The van der Waals surface area contributed by atoms with Crippen molar-refractivity contribution in [3.05, 3.63) is 35.9 Å². The van der Waals surface area contributed by atoms with Crippen molar-refractivity contribution in [2.24, 2.45) is 0 Å². The summed E-state index contributed by atoms with van der Waals surface area (Å²) in [5, 5.41) is 14.2. The fourth-order valence-corrected chi connectivity index (χ4v) is 1.70. The highest BCUT2D eigenvalue weighted by molar-refractivity contribution is 5.83. The van der Waals surface area contributed by atoms with E-state index in [1.807, 2.05) is 0 Å². The summed E-state index contributed by atoms with van der Waals surface area (Å²) >= 11 is 0. The molecule has 1 aromatic rings. The average Bonchev–Trinajstić information content (AvgIpc) is 2.49. The fraction of sp³-hybridized carbons (Fsp3) is 0.467. The number of benzene rings is 1. The summed E-state index contributed by atoms with van der Waals surface area (Å²) in [5.74, 6) is -1.10. The Balaban J connectivity index is 2.35. The van der Waals surface area contributed by atoms with Crippen molar-refractivity contribution < 1.29 is 19.4 Å². The molecule has 0 bridgehead atoms. The van der Waals surface area contributed by atoms with Gasteiger partial charge >= 0.3 is 12.0 Å². The minimum Gasteiger partial charge on any atom is -0.479 e. The van der Waals surface area contributed by atoms with Crippen molar-refractivity contribution in [1.29, 1.82) is 0 Å². The first-order valence-corrected chi connectivity index (χ1v) is 7.05. The maximum absolute atomic E-state index is 11.7. The highest BCUT2D eigenvalue weighted by Crippen LogP contribution is 2.12. The Labute approximate surface area is 124 Å². The van der Waals surface area contributed by atoms with E-state index in [0.29, 0.717) is 25.3 Å². The molecule has 0 heterocycles. The molecule has 0 saturated heterocycles. The molecule has 0 unspecified atom stereocenters. The van der Waals surface area contributed by atoms with E-state index < -0.39 is 18.0 Å². The van der Waals surface area contributed by atoms with Crippen molar-refractivity contribution in [2.75, 3.05) is 19.8 Å². The van der Waals surface area contributed by atoms with Crippen LogP contribution in [0.3, 0.4) is 0 Å². The number of rotatable bonds is 9. The highest BCUT2D eigenvalue weighted by atomic mass is 16.5. The number of carboxylic acids is 1. The Hall–Kier alpha value is -2.08. The second kappa shape index (κ2) is 9.77. The molecule has 1 rings (SSSR count). The number of nitrogens with one attached hydrogen (secondary N) is 2. The standard InChI is InChI=1S/C15H22N2O4/c1-2-3-10-21-11-9-16-15(20)17-13(14(18)19)12-7-5-4-6-8-12/h4-8,13H,2-3,9-11H2,1H3,(H,18,19)(H2,16,17,20)/t13-/m0/s1. The number of hydrogen-bond donors (Lipinski definition) is 3. The number of aliphatic carboxylic acids is 1. The lowest BCUT2D eigenvalue weighted by molar-refractivity contribution is -0.139. The number of hydrogen-bond acceptors (Lipinski definition) is 3. The zero-order valence-corrected chi connectivity index (χ0v) is 12.2. The predicted molar refractivity (Wildman–Crippen MR) is 79.1 cm³/mol. The first-order chi connectivity index (χ1) is 10.1. The van der Waals surface area contributed by atoms with Gasteiger partial charge in [0.1, 0.15) is 0 Å². The van der Waals surface area contributed by atoms with Gasteiger partial charge in [-0.25, -0.2) is 9.59 Å². The maximum Gasteiger partial charge on any atom is 0.330 e. The number of carbonyl (C=O) groups excluding carboxylic acids is 1. The molecule has 21 heavy (non-hydrogen) atoms. The van der Waals surface area contributed by atoms with Crippen LogP contribution < -0.4 is 10.6 Å². The summed E-state index contributed by atoms with van der Waals surface area (Å²) in [5.41, 5.74) is 0.527. The van der Waals surface area contributed by atoms with Crippen LogP contribution in [-0.2, 0) is 9.53 Å². The summed E-state index contributed by atoms with van der Waals surface area (Å²) < 4.78 is 5.30. The third kappa shape index (κ3) is 6.76. The zero-order valence-electron chi connectivity index (χ0n) is 12.2. The molecule has 0 aromatic heterocycles. The van der Waals surface area contributed by atoms with Crippen LogP contribution in [0, 0.1) is 0 Å². The second-order valence-corrected chi connectivity index (χ2v) is 4.55. The molecule has 1 aromatic carbocycles. The Morgan fingerprint density at radius 1 is 1.24 bits per heavy atom. The lowest BCUT2D eigenvalue weighted by Gasteiger charge is -2.15. The molecule has 0 radical (unpaired) electrons. The molecular weight excluding hydrogens is 272 g/mol. The van der Waals surface area contributed by atoms with Gasteiger partial charge in [0.15, 0.2) is 6.04 Å². The number of unbranched alkanes of at least 4 members (excludes halogenated alkanes) is 1. The van der Waals surface area contributed by atoms with Gasteiger partial charge in [-0.05, 0) is 12.0 Å². The van der Waals surface area contributed by atoms with Crippen molar-refractivity contribution in [3.8, 4) is 0 Å². The van der Waals surface area contributed by atoms with E-state index >= 15 is 0 Å². The fourth-order valence-electron chi connectivity index (χ4n) is 1.70. The van der Waals surface area contributed by atoms with Crippen LogP contribution in [0.15, 0.2) is 30.3 Å². The first kappa shape index (κ1) is 17.0. The van der Waals surface area contributed by atoms with Crippen LogP contribution >= 0.6 is 0 Å². The monoisotopic (exact) mass is 294 g/mol. The van der Waals surface area contributed by atoms with E-state index in [1.54, 1.807) is 30.3 Å². The summed E-state index contributed by atoms with van der Waals surface area (Å²) in [6.45, 7) is 3.50. The van der Waals surface area contributed by atoms with Gasteiger partial charge in [-0.15, -0.1) is 0 Å². The molecule has 0 aliphatic heterocycles. The Bertz CT molecular complexity index is 437. The minimum atomic E-state index is -1.10. The first-order valence-electron chi connectivity index (χ1n) is 7.05. The molecule has 0 saturated carbocycles. The van der Waals surface area contributed by atoms with Gasteiger partial charge in [-0.1, -0.05) is 43.7 Å². The molecule has 0 spiro atoms. The van der Waals surface area contributed by atoms with Gasteiger partial charge in [0.2, 0.25) is 0 Å². The predicted octanol–water partition coefficient (Wildman–Crippen LogP) is 1.93. The van der Waals surface area contributed by atoms with Crippen molar-refractivity contribution in [1.82, 2.24) is 10.6 Å². The molecule has 0 aliphatic carbocycles. The highest BCUT2D eigenvalue weighted by Gasteiger charge is 2.21. The van der Waals surface area contributed by atoms with Crippen LogP contribution in [0.4, 0.5) is 4.79 Å². The summed E-state index contributed by atoms with van der Waals surface area (Å²) in [6, 6.07) is 6.98. The molecule has 6 nitrogen and oxygen atoms in total. The van der Waals surface area contributed by atoms with Crippen molar-refractivity contribution in [3.63, 3.8) is 0 Å². The van der Waals surface area contributed by atoms with Crippen LogP contribution in [0.2, 0.25) is 0 Å². The molecule has 0 aliphatic rings. The van der Waals surface area contributed by atoms with Gasteiger partial charge in [0, 0.05) is 13.2 Å². The third-order valence-corrected chi connectivity index (χ3v) is 2.83. The molecule has 2 amide bonds. The number of carboxylic acid groups (broad SMARTS) is 1. The Kier molecular flexibility index (Phi) is 7.89. The molecule has 6 heteroatoms. The number of ether oxygens (including phenoxy) is 1. The Morgan fingerprint density at radius 2 is 1.95 bits per heavy atom. The summed E-state index contributed by atoms with van der Waals surface area (Å²) in [6.07, 6.45) is 2.05. The number of amides is 2. The quantitative estimate of drug-likeness (QED) is 0.607. The normalized spacial score (nSPS) is 11.7. The van der Waals surface area contributed by atoms with E-state index in [4.69, 9.17) is 4.74 Å². The molecule has 116 valence electrons. The largest absolute Gasteiger partial charge is 0.479 e. The van der Waals surface area contributed by atoms with Gasteiger partial charge in [-0.2, -0.15) is 0 Å². The maximum atomic E-state index is 11.7. The zero-order chi connectivity index (χ0) is 15.5. The number of urea groups is 1. The lowest BCUT2D eigenvalue weighted by atomic mass is 10.1. The van der Waals surface area contributed by atoms with Crippen LogP contribution in [-0.4, -0.2) is 36.9 Å². The molecular formula is C15H22N2O4. The van der Waals surface area contributed by atoms with Crippen LogP contribution in [0.5, 0.6) is 0 Å². The van der Waals surface area contributed by atoms with Crippen LogP contribution in [0.1, 0.15) is 31.4 Å². The van der Waals surface area contributed by atoms with E-state index in [9.17, 15) is 14.7 Å². The van der Waals surface area contributed by atoms with Gasteiger partial charge in [0.25, 0.3) is 0 Å². The minimum absolute atomic E-state index is 0.344. The van der Waals surface area contributed by atoms with Gasteiger partial charge < -0.3 is 20.5 Å². The smallest absolute Gasteiger partial charge is 0.330 e. The topological polar surface area (TPSA) is 87.7 Å². The van der Waals surface area contributed by atoms with E-state index in [0.717, 1.165) is 12.8 Å². The lowest BCUT2D eigenvalue weighted by Crippen LogP contribution is -2.42. The van der Waals surface area contributed by atoms with E-state index in [1.165, 1.54) is 0 Å². The van der Waals surface area contributed by atoms with Crippen molar-refractivity contribution >= 4 is 12.0 Å².